The lowest BCUT2D eigenvalue weighted by molar-refractivity contribution is -0.870. The Morgan fingerprint density at radius 1 is 0.405 bits per heavy atom. The highest BCUT2D eigenvalue weighted by atomic mass is 16.7. The van der Waals surface area contributed by atoms with Crippen molar-refractivity contribution in [1.82, 2.24) is 0 Å². The molecule has 0 aliphatic heterocycles. The molecule has 0 radical (unpaired) electrons. The minimum absolute atomic E-state index is 0.147. The summed E-state index contributed by atoms with van der Waals surface area (Å²) in [6.45, 7) is 4.75. The summed E-state index contributed by atoms with van der Waals surface area (Å²) in [4.78, 5) is 37.3. The van der Waals surface area contributed by atoms with Crippen molar-refractivity contribution in [1.29, 1.82) is 0 Å². The normalized spacial score (nSPS) is 12.8. The number of esters is 2. The standard InChI is InChI=1S/C65H123NO8/c1-6-8-10-12-14-16-18-20-22-23-24-25-26-27-28-29-30-31-32-33-34-35-36-37-38-39-40-42-43-45-47-49-51-53-55-62(67)72-59-61(60-73-65(64(69)70)71-58-57-66(3,4)5)74-63(68)56-54-52-50-48-46-44-41-21-19-17-15-13-11-9-7-2/h15,17,21,41,61,65H,6-14,16,18-20,22-40,42-60H2,1-5H3/b17-15-,41-21-. The zero-order valence-corrected chi connectivity index (χ0v) is 49.7. The fourth-order valence-electron chi connectivity index (χ4n) is 9.51. The summed E-state index contributed by atoms with van der Waals surface area (Å²) in [5.41, 5.74) is 0. The van der Waals surface area contributed by atoms with E-state index in [4.69, 9.17) is 18.9 Å². The molecule has 0 aromatic rings. The molecule has 2 unspecified atom stereocenters. The first kappa shape index (κ1) is 71.8. The van der Waals surface area contributed by atoms with Gasteiger partial charge in [0.1, 0.15) is 13.2 Å². The van der Waals surface area contributed by atoms with Gasteiger partial charge in [-0.1, -0.05) is 282 Å². The van der Waals surface area contributed by atoms with Gasteiger partial charge < -0.3 is 33.3 Å². The van der Waals surface area contributed by atoms with Crippen LogP contribution in [0.5, 0.6) is 0 Å². The zero-order chi connectivity index (χ0) is 54.1. The van der Waals surface area contributed by atoms with Crippen LogP contribution in [0, 0.1) is 0 Å². The number of aliphatic carboxylic acids is 1. The predicted octanol–water partition coefficient (Wildman–Crippen LogP) is 17.7. The second kappa shape index (κ2) is 57.0. The number of nitrogens with zero attached hydrogens (tertiary/aromatic N) is 1. The first-order valence-electron chi connectivity index (χ1n) is 32.0. The zero-order valence-electron chi connectivity index (χ0n) is 49.7. The molecule has 0 fully saturated rings. The van der Waals surface area contributed by atoms with Gasteiger partial charge in [0, 0.05) is 12.8 Å². The van der Waals surface area contributed by atoms with E-state index < -0.39 is 24.3 Å². The summed E-state index contributed by atoms with van der Waals surface area (Å²) in [5, 5.41) is 11.8. The second-order valence-corrected chi connectivity index (χ2v) is 23.1. The number of unbranched alkanes of at least 4 members (excludes halogenated alkanes) is 41. The molecule has 0 aliphatic rings. The molecule has 0 amide bonds. The van der Waals surface area contributed by atoms with Gasteiger partial charge in [-0.25, -0.2) is 0 Å². The van der Waals surface area contributed by atoms with Crippen molar-refractivity contribution < 1.29 is 42.9 Å². The van der Waals surface area contributed by atoms with Gasteiger partial charge in [-0.05, 0) is 44.9 Å². The number of ether oxygens (including phenoxy) is 4. The number of likely N-dealkylation sites (N-methyl/N-ethyl adjacent to an activating group) is 1. The highest BCUT2D eigenvalue weighted by Crippen LogP contribution is 2.18. The van der Waals surface area contributed by atoms with Crippen LogP contribution in [0.25, 0.3) is 0 Å². The SMILES string of the molecule is CCCCC/C=C\C/C=C\CCCCCCCC(=O)OC(COC(=O)CCCCCCCCCCCCCCCCCCCCCCCCCCCCCCCCCCCC)COC(OCC[N+](C)(C)C)C(=O)[O-]. The van der Waals surface area contributed by atoms with Gasteiger partial charge in [-0.15, -0.1) is 0 Å². The third-order valence-electron chi connectivity index (χ3n) is 14.5. The number of hydrogen-bond donors (Lipinski definition) is 0. The first-order chi connectivity index (χ1) is 36.1. The lowest BCUT2D eigenvalue weighted by Gasteiger charge is -2.26. The number of carboxylic acid groups (broad SMARTS) is 1. The molecule has 0 aliphatic carbocycles. The monoisotopic (exact) mass is 1050 g/mol. The van der Waals surface area contributed by atoms with Crippen molar-refractivity contribution in [3.8, 4) is 0 Å². The van der Waals surface area contributed by atoms with E-state index in [2.05, 4.69) is 38.2 Å². The van der Waals surface area contributed by atoms with Crippen LogP contribution < -0.4 is 5.11 Å². The number of hydrogen-bond acceptors (Lipinski definition) is 8. The number of rotatable bonds is 60. The Kier molecular flexibility index (Phi) is 55.2. The Morgan fingerprint density at radius 2 is 0.730 bits per heavy atom. The number of quaternary nitrogens is 1. The molecule has 436 valence electrons. The Labute approximate surface area is 458 Å². The Morgan fingerprint density at radius 3 is 1.09 bits per heavy atom. The molecule has 0 rings (SSSR count). The van der Waals surface area contributed by atoms with Gasteiger partial charge in [0.25, 0.3) is 0 Å². The maximum atomic E-state index is 12.8. The lowest BCUT2D eigenvalue weighted by atomic mass is 10.0. The van der Waals surface area contributed by atoms with Crippen molar-refractivity contribution in [3.05, 3.63) is 24.3 Å². The molecular formula is C65H123NO8. The number of carbonyl (C=O) groups excluding carboxylic acids is 3. The smallest absolute Gasteiger partial charge is 0.306 e. The van der Waals surface area contributed by atoms with Crippen LogP contribution >= 0.6 is 0 Å². The third-order valence-corrected chi connectivity index (χ3v) is 14.5. The fraction of sp³-hybridized carbons (Fsp3) is 0.892. The maximum Gasteiger partial charge on any atom is 0.306 e. The summed E-state index contributed by atoms with van der Waals surface area (Å²) in [5.74, 6) is -2.28. The Balaban J connectivity index is 3.99. The van der Waals surface area contributed by atoms with Gasteiger partial charge in [0.15, 0.2) is 12.4 Å². The quantitative estimate of drug-likeness (QED) is 0.0195. The minimum Gasteiger partial charge on any atom is -0.545 e. The van der Waals surface area contributed by atoms with Crippen molar-refractivity contribution in [2.24, 2.45) is 0 Å². The first-order valence-corrected chi connectivity index (χ1v) is 32.0. The van der Waals surface area contributed by atoms with Crippen LogP contribution in [0.4, 0.5) is 0 Å². The molecular weight excluding hydrogens is 923 g/mol. The molecule has 9 nitrogen and oxygen atoms in total. The van der Waals surface area contributed by atoms with E-state index in [1.165, 1.54) is 225 Å². The molecule has 0 aromatic carbocycles. The van der Waals surface area contributed by atoms with Crippen molar-refractivity contribution >= 4 is 17.9 Å². The average Bonchev–Trinajstić information content (AvgIpc) is 3.37. The summed E-state index contributed by atoms with van der Waals surface area (Å²) in [7, 11) is 5.92. The van der Waals surface area contributed by atoms with Crippen molar-refractivity contribution in [3.63, 3.8) is 0 Å². The maximum absolute atomic E-state index is 12.8. The van der Waals surface area contributed by atoms with E-state index in [1.54, 1.807) is 0 Å². The minimum atomic E-state index is -1.62. The average molecular weight is 1050 g/mol. The Hall–Kier alpha value is -2.23. The fourth-order valence-corrected chi connectivity index (χ4v) is 9.51. The van der Waals surface area contributed by atoms with Crippen LogP contribution in [0.1, 0.15) is 316 Å². The van der Waals surface area contributed by atoms with Crippen molar-refractivity contribution in [2.45, 2.75) is 328 Å². The van der Waals surface area contributed by atoms with E-state index in [1.807, 2.05) is 21.1 Å². The van der Waals surface area contributed by atoms with Gasteiger partial charge >= 0.3 is 11.9 Å². The summed E-state index contributed by atoms with van der Waals surface area (Å²) >= 11 is 0. The highest BCUT2D eigenvalue weighted by Gasteiger charge is 2.22. The van der Waals surface area contributed by atoms with E-state index in [9.17, 15) is 19.5 Å². The van der Waals surface area contributed by atoms with E-state index in [-0.39, 0.29) is 32.2 Å². The second-order valence-electron chi connectivity index (χ2n) is 23.1. The highest BCUT2D eigenvalue weighted by molar-refractivity contribution is 5.70. The Bertz CT molecular complexity index is 1260. The largest absolute Gasteiger partial charge is 0.545 e. The predicted molar refractivity (Wildman–Crippen MR) is 311 cm³/mol. The van der Waals surface area contributed by atoms with Crippen molar-refractivity contribution in [2.75, 3.05) is 47.5 Å². The molecule has 74 heavy (non-hydrogen) atoms. The van der Waals surface area contributed by atoms with Crippen LogP contribution in [0.3, 0.4) is 0 Å². The molecule has 9 heteroatoms. The number of allylic oxidation sites excluding steroid dienone is 4. The molecule has 2 atom stereocenters. The number of carbonyl (C=O) groups is 3. The molecule has 0 N–H and O–H groups in total. The third kappa shape index (κ3) is 57.5. The van der Waals surface area contributed by atoms with Crippen LogP contribution in [-0.4, -0.2) is 82.3 Å². The molecule has 0 saturated heterocycles. The van der Waals surface area contributed by atoms with Crippen LogP contribution in [-0.2, 0) is 33.3 Å². The van der Waals surface area contributed by atoms with E-state index >= 15 is 0 Å². The van der Waals surface area contributed by atoms with Gasteiger partial charge in [0.2, 0.25) is 0 Å². The topological polar surface area (TPSA) is 111 Å². The molecule has 0 spiro atoms. The molecule has 0 saturated carbocycles. The van der Waals surface area contributed by atoms with Gasteiger partial charge in [0.05, 0.1) is 40.3 Å². The summed E-state index contributed by atoms with van der Waals surface area (Å²) < 4.78 is 22.7. The van der Waals surface area contributed by atoms with Crippen LogP contribution in [0.15, 0.2) is 24.3 Å². The summed E-state index contributed by atoms with van der Waals surface area (Å²) in [6.07, 6.45) is 65.5. The van der Waals surface area contributed by atoms with Crippen LogP contribution in [0.2, 0.25) is 0 Å². The molecule has 0 bridgehead atoms. The lowest BCUT2D eigenvalue weighted by Crippen LogP contribution is -2.44. The number of carboxylic acids is 1. The summed E-state index contributed by atoms with van der Waals surface area (Å²) in [6, 6.07) is 0. The van der Waals surface area contributed by atoms with E-state index in [0.29, 0.717) is 23.9 Å². The molecule has 0 heterocycles. The molecule has 0 aromatic heterocycles. The van der Waals surface area contributed by atoms with Gasteiger partial charge in [-0.2, -0.15) is 0 Å². The van der Waals surface area contributed by atoms with E-state index in [0.717, 1.165) is 57.8 Å². The van der Waals surface area contributed by atoms with Gasteiger partial charge in [-0.3, -0.25) is 9.59 Å².